The molecule has 1 aromatic heterocycles. The van der Waals surface area contributed by atoms with Gasteiger partial charge in [-0.3, -0.25) is 0 Å². The van der Waals surface area contributed by atoms with Gasteiger partial charge < -0.3 is 20.1 Å². The lowest BCUT2D eigenvalue weighted by Crippen LogP contribution is -2.45. The van der Waals surface area contributed by atoms with E-state index in [9.17, 15) is 0 Å². The predicted octanol–water partition coefficient (Wildman–Crippen LogP) is 3.50. The van der Waals surface area contributed by atoms with Crippen molar-refractivity contribution in [3.05, 3.63) is 23.9 Å². The molecule has 0 bridgehead atoms. The van der Waals surface area contributed by atoms with Gasteiger partial charge in [0.2, 0.25) is 5.88 Å². The first kappa shape index (κ1) is 23.0. The van der Waals surface area contributed by atoms with Crippen molar-refractivity contribution >= 4 is 29.9 Å². The number of halogens is 1. The van der Waals surface area contributed by atoms with Crippen LogP contribution in [0, 0.1) is 0 Å². The molecule has 0 radical (unpaired) electrons. The zero-order valence-corrected chi connectivity index (χ0v) is 18.5. The molecule has 2 N–H and O–H groups in total. The molecule has 6 nitrogen and oxygen atoms in total. The fourth-order valence-electron chi connectivity index (χ4n) is 2.74. The molecule has 0 spiro atoms. The Morgan fingerprint density at radius 1 is 1.38 bits per heavy atom. The van der Waals surface area contributed by atoms with E-state index in [-0.39, 0.29) is 29.6 Å². The molecule has 0 aliphatic carbocycles. The summed E-state index contributed by atoms with van der Waals surface area (Å²) in [6, 6.07) is 3.94. The Labute approximate surface area is 174 Å². The van der Waals surface area contributed by atoms with E-state index in [2.05, 4.69) is 41.4 Å². The van der Waals surface area contributed by atoms with Crippen molar-refractivity contribution in [2.75, 3.05) is 26.3 Å². The molecule has 0 amide bonds. The third-order valence-corrected chi connectivity index (χ3v) is 4.27. The molecule has 148 valence electrons. The summed E-state index contributed by atoms with van der Waals surface area (Å²) in [7, 11) is 0. The molecular formula is C19H33IN4O2. The van der Waals surface area contributed by atoms with E-state index in [0.29, 0.717) is 19.0 Å². The van der Waals surface area contributed by atoms with Gasteiger partial charge in [0, 0.05) is 31.5 Å². The fraction of sp³-hybridized carbons (Fsp3) is 0.684. The number of rotatable bonds is 9. The maximum Gasteiger partial charge on any atom is 0.218 e. The van der Waals surface area contributed by atoms with Crippen LogP contribution in [-0.4, -0.2) is 42.8 Å². The highest BCUT2D eigenvalue weighted by atomic mass is 127. The van der Waals surface area contributed by atoms with Crippen molar-refractivity contribution in [1.82, 2.24) is 15.6 Å². The standard InChI is InChI=1S/C19H32N4O2.HI/c1-4-6-12-24-17-16(9-7-11-21-17)14-22-18(20-5-2)23-15-19(3)10-8-13-25-19;/h7,9,11H,4-6,8,10,12-15H2,1-3H3,(H2,20,22,23);1H. The average Bonchev–Trinajstić information content (AvgIpc) is 3.05. The van der Waals surface area contributed by atoms with Crippen LogP contribution in [0.15, 0.2) is 23.3 Å². The molecule has 0 saturated carbocycles. The summed E-state index contributed by atoms with van der Waals surface area (Å²) in [5, 5.41) is 6.69. The Balaban J connectivity index is 0.00000338. The molecule has 0 aromatic carbocycles. The van der Waals surface area contributed by atoms with E-state index < -0.39 is 0 Å². The van der Waals surface area contributed by atoms with Gasteiger partial charge in [0.15, 0.2) is 5.96 Å². The topological polar surface area (TPSA) is 67.8 Å². The van der Waals surface area contributed by atoms with Crippen LogP contribution in [0.2, 0.25) is 0 Å². The number of pyridine rings is 1. The van der Waals surface area contributed by atoms with Gasteiger partial charge in [-0.25, -0.2) is 9.98 Å². The second-order valence-corrected chi connectivity index (χ2v) is 6.62. The number of hydrogen-bond acceptors (Lipinski definition) is 4. The highest BCUT2D eigenvalue weighted by molar-refractivity contribution is 14.0. The lowest BCUT2D eigenvalue weighted by Gasteiger charge is -2.24. The van der Waals surface area contributed by atoms with E-state index in [1.165, 1.54) is 0 Å². The van der Waals surface area contributed by atoms with Crippen LogP contribution >= 0.6 is 24.0 Å². The normalized spacial score (nSPS) is 19.7. The van der Waals surface area contributed by atoms with Gasteiger partial charge >= 0.3 is 0 Å². The predicted molar refractivity (Wildman–Crippen MR) is 116 cm³/mol. The Morgan fingerprint density at radius 2 is 2.23 bits per heavy atom. The van der Waals surface area contributed by atoms with Gasteiger partial charge in [-0.2, -0.15) is 0 Å². The summed E-state index contributed by atoms with van der Waals surface area (Å²) in [6.45, 7) is 10.0. The molecule has 2 rings (SSSR count). The highest BCUT2D eigenvalue weighted by Crippen LogP contribution is 2.23. The van der Waals surface area contributed by atoms with Crippen molar-refractivity contribution in [2.24, 2.45) is 4.99 Å². The molecule has 1 atom stereocenters. The smallest absolute Gasteiger partial charge is 0.218 e. The molecule has 1 unspecified atom stereocenters. The second kappa shape index (κ2) is 12.3. The number of hydrogen-bond donors (Lipinski definition) is 2. The molecule has 1 aromatic rings. The quantitative estimate of drug-likeness (QED) is 0.247. The van der Waals surface area contributed by atoms with Crippen molar-refractivity contribution in [3.63, 3.8) is 0 Å². The fourth-order valence-corrected chi connectivity index (χ4v) is 2.74. The van der Waals surface area contributed by atoms with Crippen LogP contribution in [-0.2, 0) is 11.3 Å². The summed E-state index contributed by atoms with van der Waals surface area (Å²) >= 11 is 0. The third kappa shape index (κ3) is 7.65. The van der Waals surface area contributed by atoms with Gasteiger partial charge in [-0.1, -0.05) is 19.4 Å². The maximum absolute atomic E-state index is 5.83. The first-order chi connectivity index (χ1) is 12.2. The van der Waals surface area contributed by atoms with Crippen molar-refractivity contribution in [2.45, 2.75) is 58.6 Å². The second-order valence-electron chi connectivity index (χ2n) is 6.62. The lowest BCUT2D eigenvalue weighted by atomic mass is 10.0. The van der Waals surface area contributed by atoms with E-state index >= 15 is 0 Å². The van der Waals surface area contributed by atoms with Crippen molar-refractivity contribution in [1.29, 1.82) is 0 Å². The summed E-state index contributed by atoms with van der Waals surface area (Å²) in [4.78, 5) is 9.03. The number of nitrogens with zero attached hydrogens (tertiary/aromatic N) is 2. The van der Waals surface area contributed by atoms with E-state index in [1.807, 2.05) is 12.1 Å². The Kier molecular flexibility index (Phi) is 10.9. The minimum absolute atomic E-state index is 0. The van der Waals surface area contributed by atoms with Gasteiger partial charge in [0.1, 0.15) is 0 Å². The highest BCUT2D eigenvalue weighted by Gasteiger charge is 2.29. The van der Waals surface area contributed by atoms with Crippen LogP contribution in [0.1, 0.15) is 52.0 Å². The van der Waals surface area contributed by atoms with Gasteiger partial charge in [-0.15, -0.1) is 24.0 Å². The van der Waals surface area contributed by atoms with Crippen LogP contribution in [0.5, 0.6) is 5.88 Å². The molecule has 1 saturated heterocycles. The SMILES string of the molecule is CCCCOc1ncccc1CN=C(NCC)NCC1(C)CCCO1.I. The van der Waals surface area contributed by atoms with Gasteiger partial charge in [0.25, 0.3) is 0 Å². The minimum atomic E-state index is -0.0983. The van der Waals surface area contributed by atoms with Crippen LogP contribution in [0.4, 0.5) is 0 Å². The Bertz CT molecular complexity index is 548. The molecule has 1 aliphatic rings. The zero-order chi connectivity index (χ0) is 18.0. The molecule has 2 heterocycles. The van der Waals surface area contributed by atoms with E-state index in [1.54, 1.807) is 6.20 Å². The van der Waals surface area contributed by atoms with E-state index in [4.69, 9.17) is 9.47 Å². The summed E-state index contributed by atoms with van der Waals surface area (Å²) < 4.78 is 11.6. The molecular weight excluding hydrogens is 443 g/mol. The number of nitrogens with one attached hydrogen (secondary N) is 2. The number of unbranched alkanes of at least 4 members (excludes halogenated alkanes) is 1. The van der Waals surface area contributed by atoms with Gasteiger partial charge in [0.05, 0.1) is 18.8 Å². The average molecular weight is 476 g/mol. The van der Waals surface area contributed by atoms with Crippen LogP contribution in [0.25, 0.3) is 0 Å². The third-order valence-electron chi connectivity index (χ3n) is 4.27. The summed E-state index contributed by atoms with van der Waals surface area (Å²) in [6.07, 6.45) is 6.10. The zero-order valence-electron chi connectivity index (χ0n) is 16.2. The summed E-state index contributed by atoms with van der Waals surface area (Å²) in [5.74, 6) is 1.48. The molecule has 1 aliphatic heterocycles. The van der Waals surface area contributed by atoms with Crippen LogP contribution in [0.3, 0.4) is 0 Å². The maximum atomic E-state index is 5.83. The number of aromatic nitrogens is 1. The molecule has 7 heteroatoms. The lowest BCUT2D eigenvalue weighted by molar-refractivity contribution is 0.0243. The number of aliphatic imine (C=N–C) groups is 1. The van der Waals surface area contributed by atoms with Crippen molar-refractivity contribution in [3.8, 4) is 5.88 Å². The molecule has 26 heavy (non-hydrogen) atoms. The van der Waals surface area contributed by atoms with E-state index in [0.717, 1.165) is 56.9 Å². The van der Waals surface area contributed by atoms with Gasteiger partial charge in [-0.05, 0) is 39.2 Å². The largest absolute Gasteiger partial charge is 0.477 e. The first-order valence-electron chi connectivity index (χ1n) is 9.39. The Hall–Kier alpha value is -1.09. The number of ether oxygens (including phenoxy) is 2. The Morgan fingerprint density at radius 3 is 2.92 bits per heavy atom. The first-order valence-corrected chi connectivity index (χ1v) is 9.39. The number of guanidine groups is 1. The monoisotopic (exact) mass is 476 g/mol. The summed E-state index contributed by atoms with van der Waals surface area (Å²) in [5.41, 5.74) is 0.901. The minimum Gasteiger partial charge on any atom is -0.477 e. The van der Waals surface area contributed by atoms with Crippen molar-refractivity contribution < 1.29 is 9.47 Å². The van der Waals surface area contributed by atoms with Crippen LogP contribution < -0.4 is 15.4 Å². The molecule has 1 fully saturated rings.